The first kappa shape index (κ1) is 15.1. The van der Waals surface area contributed by atoms with Crippen LogP contribution in [0.15, 0.2) is 48.5 Å². The summed E-state index contributed by atoms with van der Waals surface area (Å²) in [6.45, 7) is 0.749. The number of carbonyl (C=O) groups excluding carboxylic acids is 2. The van der Waals surface area contributed by atoms with Gasteiger partial charge in [-0.25, -0.2) is 4.90 Å². The highest BCUT2D eigenvalue weighted by Gasteiger charge is 2.48. The summed E-state index contributed by atoms with van der Waals surface area (Å²) >= 11 is 0. The molecule has 0 unspecified atom stereocenters. The zero-order chi connectivity index (χ0) is 18.1. The van der Waals surface area contributed by atoms with E-state index in [1.165, 1.54) is 15.8 Å². The number of para-hydroxylation sites is 1. The van der Waals surface area contributed by atoms with Crippen molar-refractivity contribution in [1.29, 1.82) is 0 Å². The highest BCUT2D eigenvalue weighted by molar-refractivity contribution is 6.21. The molecule has 1 aromatic heterocycles. The SMILES string of the molecule is O=C1c2ccccc2C(=O)N1[C@H]1C[C@@H]2c3[nH]c4ccccc4c3CCN2O1. The number of rotatable bonds is 1. The van der Waals surface area contributed by atoms with E-state index in [2.05, 4.69) is 23.2 Å². The second-order valence-corrected chi connectivity index (χ2v) is 7.29. The van der Waals surface area contributed by atoms with Crippen LogP contribution in [0.1, 0.15) is 44.4 Å². The van der Waals surface area contributed by atoms with E-state index in [4.69, 9.17) is 4.84 Å². The number of nitrogens with one attached hydrogen (secondary N) is 1. The summed E-state index contributed by atoms with van der Waals surface area (Å²) in [5.41, 5.74) is 4.50. The Labute approximate surface area is 155 Å². The van der Waals surface area contributed by atoms with Crippen LogP contribution < -0.4 is 0 Å². The van der Waals surface area contributed by atoms with Gasteiger partial charge in [-0.3, -0.25) is 14.4 Å². The summed E-state index contributed by atoms with van der Waals surface area (Å²) in [4.78, 5) is 36.5. The molecule has 3 aliphatic heterocycles. The second kappa shape index (κ2) is 5.28. The van der Waals surface area contributed by atoms with Gasteiger partial charge in [0.1, 0.15) is 0 Å². The molecule has 3 aliphatic rings. The van der Waals surface area contributed by atoms with E-state index in [-0.39, 0.29) is 17.9 Å². The van der Waals surface area contributed by atoms with Crippen LogP contribution in [-0.4, -0.2) is 39.5 Å². The van der Waals surface area contributed by atoms with Crippen molar-refractivity contribution in [3.63, 3.8) is 0 Å². The zero-order valence-electron chi connectivity index (χ0n) is 14.5. The molecule has 27 heavy (non-hydrogen) atoms. The fraction of sp³-hybridized carbons (Fsp3) is 0.238. The first-order valence-corrected chi connectivity index (χ1v) is 9.22. The van der Waals surface area contributed by atoms with Gasteiger partial charge in [-0.05, 0) is 30.2 Å². The van der Waals surface area contributed by atoms with E-state index in [9.17, 15) is 9.59 Å². The number of hydrogen-bond donors (Lipinski definition) is 1. The van der Waals surface area contributed by atoms with Crippen LogP contribution in [-0.2, 0) is 11.3 Å². The maximum absolute atomic E-state index is 12.8. The van der Waals surface area contributed by atoms with Gasteiger partial charge in [-0.1, -0.05) is 30.3 Å². The maximum Gasteiger partial charge on any atom is 0.263 e. The van der Waals surface area contributed by atoms with Crippen molar-refractivity contribution >= 4 is 22.7 Å². The smallest absolute Gasteiger partial charge is 0.263 e. The molecule has 2 aromatic carbocycles. The fourth-order valence-electron chi connectivity index (χ4n) is 4.67. The number of fused-ring (bicyclic) bond motifs is 6. The van der Waals surface area contributed by atoms with Crippen LogP contribution in [0.4, 0.5) is 0 Å². The van der Waals surface area contributed by atoms with E-state index >= 15 is 0 Å². The lowest BCUT2D eigenvalue weighted by molar-refractivity contribution is -0.188. The normalized spacial score (nSPS) is 24.4. The zero-order valence-corrected chi connectivity index (χ0v) is 14.5. The Hall–Kier alpha value is -2.96. The number of imide groups is 1. The summed E-state index contributed by atoms with van der Waals surface area (Å²) in [5, 5.41) is 3.17. The summed E-state index contributed by atoms with van der Waals surface area (Å²) in [6, 6.07) is 15.3. The predicted molar refractivity (Wildman–Crippen MR) is 97.9 cm³/mol. The molecule has 6 rings (SSSR count). The summed E-state index contributed by atoms with van der Waals surface area (Å²) in [7, 11) is 0. The monoisotopic (exact) mass is 359 g/mol. The molecular weight excluding hydrogens is 342 g/mol. The topological polar surface area (TPSA) is 65.6 Å². The van der Waals surface area contributed by atoms with Crippen molar-refractivity contribution in [2.45, 2.75) is 25.1 Å². The van der Waals surface area contributed by atoms with Crippen LogP contribution in [0.2, 0.25) is 0 Å². The molecular formula is C21H17N3O3. The standard InChI is InChI=1S/C21H17N3O3/c25-20-14-6-1-2-7-15(14)21(26)24(20)18-11-17-19-13(9-10-23(17)27-18)12-5-3-4-8-16(12)22-19/h1-8,17-18,22H,9-11H2/t17-,18-/m1/s1. The number of aromatic amines is 1. The number of amides is 2. The molecule has 4 heterocycles. The largest absolute Gasteiger partial charge is 0.357 e. The van der Waals surface area contributed by atoms with Gasteiger partial charge in [-0.2, -0.15) is 5.06 Å². The minimum atomic E-state index is -0.570. The molecule has 134 valence electrons. The molecule has 6 nitrogen and oxygen atoms in total. The molecule has 1 N–H and O–H groups in total. The molecule has 1 fully saturated rings. The van der Waals surface area contributed by atoms with E-state index in [0.717, 1.165) is 24.2 Å². The molecule has 2 amide bonds. The third-order valence-electron chi connectivity index (χ3n) is 5.91. The molecule has 0 saturated carbocycles. The van der Waals surface area contributed by atoms with E-state index in [0.29, 0.717) is 17.5 Å². The second-order valence-electron chi connectivity index (χ2n) is 7.29. The van der Waals surface area contributed by atoms with Crippen LogP contribution in [0.25, 0.3) is 10.9 Å². The van der Waals surface area contributed by atoms with Gasteiger partial charge in [0.2, 0.25) is 0 Å². The molecule has 0 spiro atoms. The highest BCUT2D eigenvalue weighted by atomic mass is 16.7. The molecule has 0 aliphatic carbocycles. The van der Waals surface area contributed by atoms with Crippen LogP contribution in [0.5, 0.6) is 0 Å². The van der Waals surface area contributed by atoms with E-state index in [1.54, 1.807) is 24.3 Å². The van der Waals surface area contributed by atoms with Gasteiger partial charge in [-0.15, -0.1) is 0 Å². The van der Waals surface area contributed by atoms with Gasteiger partial charge >= 0.3 is 0 Å². The Morgan fingerprint density at radius 2 is 1.67 bits per heavy atom. The number of carbonyl (C=O) groups is 2. The first-order chi connectivity index (χ1) is 13.2. The number of aromatic nitrogens is 1. The van der Waals surface area contributed by atoms with Crippen molar-refractivity contribution in [3.05, 3.63) is 70.9 Å². The van der Waals surface area contributed by atoms with E-state index in [1.807, 2.05) is 11.1 Å². The van der Waals surface area contributed by atoms with Crippen molar-refractivity contribution in [3.8, 4) is 0 Å². The van der Waals surface area contributed by atoms with Crippen molar-refractivity contribution in [2.24, 2.45) is 0 Å². The molecule has 0 radical (unpaired) electrons. The Kier molecular flexibility index (Phi) is 2.96. The molecule has 3 aromatic rings. The molecule has 0 bridgehead atoms. The average Bonchev–Trinajstić information content (AvgIpc) is 3.34. The van der Waals surface area contributed by atoms with Gasteiger partial charge in [0.15, 0.2) is 6.23 Å². The quantitative estimate of drug-likeness (QED) is 0.679. The van der Waals surface area contributed by atoms with Crippen molar-refractivity contribution in [2.75, 3.05) is 6.54 Å². The van der Waals surface area contributed by atoms with Crippen LogP contribution in [0.3, 0.4) is 0 Å². The molecule has 1 saturated heterocycles. The summed E-state index contributed by atoms with van der Waals surface area (Å²) < 4.78 is 0. The Bertz CT molecular complexity index is 1080. The van der Waals surface area contributed by atoms with Gasteiger partial charge in [0, 0.05) is 29.6 Å². The predicted octanol–water partition coefficient (Wildman–Crippen LogP) is 3.02. The minimum Gasteiger partial charge on any atom is -0.357 e. The Balaban J connectivity index is 1.36. The number of nitrogens with zero attached hydrogens (tertiary/aromatic N) is 2. The van der Waals surface area contributed by atoms with E-state index < -0.39 is 6.23 Å². The third kappa shape index (κ3) is 1.97. The third-order valence-corrected chi connectivity index (χ3v) is 5.91. The Morgan fingerprint density at radius 3 is 2.44 bits per heavy atom. The average molecular weight is 359 g/mol. The number of hydrogen-bond acceptors (Lipinski definition) is 4. The van der Waals surface area contributed by atoms with Gasteiger partial charge in [0.25, 0.3) is 11.8 Å². The molecule has 6 heteroatoms. The van der Waals surface area contributed by atoms with Crippen molar-refractivity contribution in [1.82, 2.24) is 14.9 Å². The highest BCUT2D eigenvalue weighted by Crippen LogP contribution is 2.43. The Morgan fingerprint density at radius 1 is 0.963 bits per heavy atom. The number of hydroxylamine groups is 2. The number of H-pyrrole nitrogens is 1. The van der Waals surface area contributed by atoms with Crippen LogP contribution >= 0.6 is 0 Å². The summed E-state index contributed by atoms with van der Waals surface area (Å²) in [5.74, 6) is -0.533. The van der Waals surface area contributed by atoms with Crippen molar-refractivity contribution < 1.29 is 14.4 Å². The molecule has 2 atom stereocenters. The maximum atomic E-state index is 12.8. The van der Waals surface area contributed by atoms with Gasteiger partial charge < -0.3 is 4.98 Å². The summed E-state index contributed by atoms with van der Waals surface area (Å²) in [6.07, 6.45) is 0.885. The lowest BCUT2D eigenvalue weighted by atomic mass is 9.97. The minimum absolute atomic E-state index is 0.0236. The lowest BCUT2D eigenvalue weighted by Gasteiger charge is -2.27. The van der Waals surface area contributed by atoms with Crippen LogP contribution in [0, 0.1) is 0 Å². The van der Waals surface area contributed by atoms with Gasteiger partial charge in [0.05, 0.1) is 17.2 Å². The first-order valence-electron chi connectivity index (χ1n) is 9.22. The fourth-order valence-corrected chi connectivity index (χ4v) is 4.67. The lowest BCUT2D eigenvalue weighted by Crippen LogP contribution is -2.40. The number of benzene rings is 2.